The van der Waals surface area contributed by atoms with Gasteiger partial charge in [-0.3, -0.25) is 11.7 Å². The normalized spacial score (nSPS) is 5.17. The average molecular weight is 90.1 g/mol. The highest BCUT2D eigenvalue weighted by atomic mass is 16.2. The molecular weight excluding hydrogens is 80.0 g/mol. The summed E-state index contributed by atoms with van der Waals surface area (Å²) in [5, 5.41) is 7.76. The summed E-state index contributed by atoms with van der Waals surface area (Å²) < 4.78 is 0. The van der Waals surface area contributed by atoms with Crippen molar-refractivity contribution in [2.75, 3.05) is 6.61 Å². The second-order valence-corrected chi connectivity index (χ2v) is 0.471. The Morgan fingerprint density at radius 3 is 1.83 bits per heavy atom. The first-order valence-electron chi connectivity index (χ1n) is 1.47. The summed E-state index contributed by atoms with van der Waals surface area (Å²) in [6.45, 7) is 3.31. The molecule has 0 unspecified atom stereocenters. The van der Waals surface area contributed by atoms with E-state index in [2.05, 4.69) is 18.3 Å². The second kappa shape index (κ2) is 23.1. The lowest BCUT2D eigenvalue weighted by Gasteiger charge is -1.60. The average Bonchev–Trinajstić information content (AvgIpc) is 1.72. The van der Waals surface area contributed by atoms with Crippen molar-refractivity contribution >= 4 is 0 Å². The maximum absolute atomic E-state index is 7.76. The van der Waals surface area contributed by atoms with Gasteiger partial charge >= 0.3 is 0 Å². The monoisotopic (exact) mass is 90.1 g/mol. The molecule has 0 amide bonds. The van der Waals surface area contributed by atoms with Crippen LogP contribution < -0.4 is 11.7 Å². The third-order valence-corrected chi connectivity index (χ3v) is 0.129. The molecule has 0 aromatic carbocycles. The van der Waals surface area contributed by atoms with Gasteiger partial charge in [-0.15, -0.1) is 6.58 Å². The highest BCUT2D eigenvalue weighted by Crippen LogP contribution is 1.46. The Bertz CT molecular complexity index is 22.8. The molecule has 0 fully saturated rings. The fourth-order valence-electron chi connectivity index (χ4n) is 0. The molecule has 0 radical (unpaired) electrons. The van der Waals surface area contributed by atoms with Crippen LogP contribution in [0.3, 0.4) is 0 Å². The fourth-order valence-corrected chi connectivity index (χ4v) is 0. The Kier molecular flexibility index (Phi) is 35.2. The molecule has 0 aromatic rings. The lowest BCUT2D eigenvalue weighted by atomic mass is 10.7. The molecular formula is C3H10N2O. The molecule has 3 heteroatoms. The first-order valence-corrected chi connectivity index (χ1v) is 1.47. The Morgan fingerprint density at radius 1 is 1.67 bits per heavy atom. The topological polar surface area (TPSA) is 72.3 Å². The van der Waals surface area contributed by atoms with Crippen LogP contribution in [-0.4, -0.2) is 11.7 Å². The molecule has 0 bridgehead atoms. The van der Waals surface area contributed by atoms with Crippen LogP contribution in [0, 0.1) is 0 Å². The minimum absolute atomic E-state index is 0.0833. The van der Waals surface area contributed by atoms with E-state index in [-0.39, 0.29) is 6.61 Å². The van der Waals surface area contributed by atoms with Gasteiger partial charge < -0.3 is 5.11 Å². The molecule has 38 valence electrons. The van der Waals surface area contributed by atoms with Gasteiger partial charge in [0.15, 0.2) is 0 Å². The Balaban J connectivity index is 0. The van der Waals surface area contributed by atoms with E-state index < -0.39 is 0 Å². The summed E-state index contributed by atoms with van der Waals surface area (Å²) in [7, 11) is 0. The van der Waals surface area contributed by atoms with E-state index in [4.69, 9.17) is 5.11 Å². The predicted octanol–water partition coefficient (Wildman–Crippen LogP) is -1.02. The molecule has 0 aliphatic rings. The standard InChI is InChI=1S/C3H6O.H4N2/c1-2-3-4;1-2/h2,4H,1,3H2;1-2H2. The van der Waals surface area contributed by atoms with Crippen LogP contribution in [0.15, 0.2) is 12.7 Å². The van der Waals surface area contributed by atoms with Gasteiger partial charge in [0.2, 0.25) is 0 Å². The minimum atomic E-state index is 0.0833. The number of aliphatic hydroxyl groups is 1. The van der Waals surface area contributed by atoms with E-state index in [9.17, 15) is 0 Å². The quantitative estimate of drug-likeness (QED) is 0.219. The molecule has 0 atom stereocenters. The van der Waals surface area contributed by atoms with Gasteiger partial charge in [-0.25, -0.2) is 0 Å². The molecule has 6 heavy (non-hydrogen) atoms. The second-order valence-electron chi connectivity index (χ2n) is 0.471. The summed E-state index contributed by atoms with van der Waals surface area (Å²) in [5.41, 5.74) is 0. The van der Waals surface area contributed by atoms with E-state index >= 15 is 0 Å². The number of hydrazine groups is 1. The highest BCUT2D eigenvalue weighted by molar-refractivity contribution is 4.60. The maximum atomic E-state index is 7.76. The van der Waals surface area contributed by atoms with Crippen molar-refractivity contribution in [1.29, 1.82) is 0 Å². The summed E-state index contributed by atoms with van der Waals surface area (Å²) in [6, 6.07) is 0. The SMILES string of the molecule is C=CCO.NN. The summed E-state index contributed by atoms with van der Waals surface area (Å²) in [5.74, 6) is 8.00. The van der Waals surface area contributed by atoms with Crippen molar-refractivity contribution < 1.29 is 5.11 Å². The van der Waals surface area contributed by atoms with Gasteiger partial charge in [0.25, 0.3) is 0 Å². The summed E-state index contributed by atoms with van der Waals surface area (Å²) >= 11 is 0. The fraction of sp³-hybridized carbons (Fsp3) is 0.333. The number of aliphatic hydroxyl groups excluding tert-OH is 1. The van der Waals surface area contributed by atoms with Crippen molar-refractivity contribution in [3.8, 4) is 0 Å². The zero-order valence-corrected chi connectivity index (χ0v) is 3.59. The lowest BCUT2D eigenvalue weighted by molar-refractivity contribution is 0.343. The maximum Gasteiger partial charge on any atom is 0.0609 e. The van der Waals surface area contributed by atoms with Gasteiger partial charge in [0.05, 0.1) is 6.61 Å². The third-order valence-electron chi connectivity index (χ3n) is 0.129. The molecule has 0 saturated carbocycles. The molecule has 3 nitrogen and oxygen atoms in total. The number of nitrogens with two attached hydrogens (primary N) is 2. The van der Waals surface area contributed by atoms with Gasteiger partial charge in [-0.2, -0.15) is 0 Å². The predicted molar refractivity (Wildman–Crippen MR) is 25.7 cm³/mol. The van der Waals surface area contributed by atoms with Gasteiger partial charge in [-0.05, 0) is 0 Å². The number of hydrogen-bond donors (Lipinski definition) is 3. The first-order chi connectivity index (χ1) is 2.91. The molecule has 0 spiro atoms. The van der Waals surface area contributed by atoms with Crippen molar-refractivity contribution in [3.05, 3.63) is 12.7 Å². The first kappa shape index (κ1) is 9.15. The number of hydrogen-bond acceptors (Lipinski definition) is 3. The van der Waals surface area contributed by atoms with Crippen LogP contribution in [0.1, 0.15) is 0 Å². The summed E-state index contributed by atoms with van der Waals surface area (Å²) in [6.07, 6.45) is 1.43. The molecule has 0 heterocycles. The van der Waals surface area contributed by atoms with E-state index in [1.54, 1.807) is 0 Å². The smallest absolute Gasteiger partial charge is 0.0609 e. The van der Waals surface area contributed by atoms with E-state index in [0.29, 0.717) is 0 Å². The number of rotatable bonds is 1. The van der Waals surface area contributed by atoms with Crippen molar-refractivity contribution in [3.63, 3.8) is 0 Å². The van der Waals surface area contributed by atoms with Crippen molar-refractivity contribution in [1.82, 2.24) is 0 Å². The van der Waals surface area contributed by atoms with Crippen LogP contribution in [0.2, 0.25) is 0 Å². The Morgan fingerprint density at radius 2 is 1.83 bits per heavy atom. The molecule has 0 rings (SSSR count). The molecule has 0 aromatic heterocycles. The van der Waals surface area contributed by atoms with Crippen LogP contribution in [0.25, 0.3) is 0 Å². The van der Waals surface area contributed by atoms with Crippen LogP contribution in [0.5, 0.6) is 0 Å². The van der Waals surface area contributed by atoms with Gasteiger partial charge in [-0.1, -0.05) is 6.08 Å². The van der Waals surface area contributed by atoms with E-state index in [1.807, 2.05) is 0 Å². The zero-order chi connectivity index (χ0) is 5.41. The molecule has 5 N–H and O–H groups in total. The van der Waals surface area contributed by atoms with E-state index in [1.165, 1.54) is 6.08 Å². The lowest BCUT2D eigenvalue weighted by Crippen LogP contribution is -2.02. The van der Waals surface area contributed by atoms with Gasteiger partial charge in [0, 0.05) is 0 Å². The molecule has 0 aliphatic carbocycles. The highest BCUT2D eigenvalue weighted by Gasteiger charge is 1.45. The largest absolute Gasteiger partial charge is 0.392 e. The molecule has 0 saturated heterocycles. The van der Waals surface area contributed by atoms with Gasteiger partial charge in [0.1, 0.15) is 0 Å². The van der Waals surface area contributed by atoms with Crippen LogP contribution in [0.4, 0.5) is 0 Å². The Hall–Kier alpha value is -0.380. The summed E-state index contributed by atoms with van der Waals surface area (Å²) in [4.78, 5) is 0. The van der Waals surface area contributed by atoms with Crippen molar-refractivity contribution in [2.45, 2.75) is 0 Å². The van der Waals surface area contributed by atoms with Crippen LogP contribution >= 0.6 is 0 Å². The zero-order valence-electron chi connectivity index (χ0n) is 3.59. The van der Waals surface area contributed by atoms with Crippen molar-refractivity contribution in [2.24, 2.45) is 11.7 Å². The third kappa shape index (κ3) is 64.6. The van der Waals surface area contributed by atoms with Crippen LogP contribution in [-0.2, 0) is 0 Å². The van der Waals surface area contributed by atoms with E-state index in [0.717, 1.165) is 0 Å². The minimum Gasteiger partial charge on any atom is -0.392 e. The molecule has 0 aliphatic heterocycles. The Labute approximate surface area is 37.2 Å².